The van der Waals surface area contributed by atoms with Crippen LogP contribution in [0.5, 0.6) is 11.5 Å². The molecule has 8 aromatic rings. The van der Waals surface area contributed by atoms with Crippen LogP contribution in [-0.2, 0) is 0 Å². The lowest BCUT2D eigenvalue weighted by atomic mass is 10.0. The van der Waals surface area contributed by atoms with Gasteiger partial charge in [-0.05, 0) is 144 Å². The molecular formula is C46H36N2O2. The molecule has 4 heteroatoms. The molecule has 0 spiro atoms. The predicted molar refractivity (Wildman–Crippen MR) is 209 cm³/mol. The van der Waals surface area contributed by atoms with Crippen molar-refractivity contribution >= 4 is 55.7 Å². The van der Waals surface area contributed by atoms with Crippen molar-refractivity contribution in [2.75, 3.05) is 9.80 Å². The molecular weight excluding hydrogens is 613 g/mol. The van der Waals surface area contributed by atoms with Gasteiger partial charge < -0.3 is 20.0 Å². The van der Waals surface area contributed by atoms with E-state index in [-0.39, 0.29) is 11.5 Å². The predicted octanol–water partition coefficient (Wildman–Crippen LogP) is 12.6. The smallest absolute Gasteiger partial charge is 0.116 e. The summed E-state index contributed by atoms with van der Waals surface area (Å²) < 4.78 is 0. The molecule has 0 atom stereocenters. The molecule has 8 aromatic carbocycles. The first kappa shape index (κ1) is 30.8. The lowest BCUT2D eigenvalue weighted by Gasteiger charge is -2.27. The minimum absolute atomic E-state index is 0.251. The molecule has 0 radical (unpaired) electrons. The van der Waals surface area contributed by atoms with Gasteiger partial charge in [0.15, 0.2) is 0 Å². The molecule has 50 heavy (non-hydrogen) atoms. The number of phenols is 2. The maximum absolute atomic E-state index is 10.0. The Morgan fingerprint density at radius 2 is 0.580 bits per heavy atom. The van der Waals surface area contributed by atoms with Crippen LogP contribution < -0.4 is 9.80 Å². The van der Waals surface area contributed by atoms with Gasteiger partial charge in [0.05, 0.1) is 0 Å². The molecule has 0 aliphatic heterocycles. The fraction of sp³-hybridized carbons (Fsp3) is 0.0435. The topological polar surface area (TPSA) is 46.9 Å². The van der Waals surface area contributed by atoms with Gasteiger partial charge in [-0.1, -0.05) is 83.9 Å². The molecule has 0 saturated carbocycles. The second-order valence-electron chi connectivity index (χ2n) is 12.9. The number of aryl methyl sites for hydroxylation is 2. The normalized spacial score (nSPS) is 11.2. The van der Waals surface area contributed by atoms with Crippen molar-refractivity contribution in [1.82, 2.24) is 0 Å². The summed E-state index contributed by atoms with van der Waals surface area (Å²) in [6.07, 6.45) is 0. The van der Waals surface area contributed by atoms with Gasteiger partial charge in [0.25, 0.3) is 0 Å². The number of aromatic hydroxyl groups is 2. The molecule has 242 valence electrons. The zero-order valence-corrected chi connectivity index (χ0v) is 28.0. The summed E-state index contributed by atoms with van der Waals surface area (Å²) in [5.41, 5.74) is 11.1. The minimum Gasteiger partial charge on any atom is -0.508 e. The zero-order valence-electron chi connectivity index (χ0n) is 28.0. The third kappa shape index (κ3) is 6.11. The fourth-order valence-electron chi connectivity index (χ4n) is 6.61. The Balaban J connectivity index is 1.15. The van der Waals surface area contributed by atoms with Gasteiger partial charge in [-0.25, -0.2) is 0 Å². The van der Waals surface area contributed by atoms with E-state index in [0.717, 1.165) is 66.8 Å². The van der Waals surface area contributed by atoms with Crippen LogP contribution in [-0.4, -0.2) is 10.2 Å². The maximum Gasteiger partial charge on any atom is 0.116 e. The lowest BCUT2D eigenvalue weighted by molar-refractivity contribution is 0.475. The van der Waals surface area contributed by atoms with E-state index in [1.54, 1.807) is 24.3 Å². The summed E-state index contributed by atoms with van der Waals surface area (Å²) in [7, 11) is 0. The van der Waals surface area contributed by atoms with Crippen LogP contribution >= 0.6 is 0 Å². The Morgan fingerprint density at radius 1 is 0.300 bits per heavy atom. The Morgan fingerprint density at radius 3 is 0.960 bits per heavy atom. The average molecular weight is 649 g/mol. The highest BCUT2D eigenvalue weighted by Crippen LogP contribution is 2.40. The van der Waals surface area contributed by atoms with Crippen molar-refractivity contribution in [3.8, 4) is 22.6 Å². The highest BCUT2D eigenvalue weighted by molar-refractivity contribution is 5.93. The number of fused-ring (bicyclic) bond motifs is 2. The van der Waals surface area contributed by atoms with E-state index in [9.17, 15) is 10.2 Å². The number of benzene rings is 8. The number of hydrogen-bond acceptors (Lipinski definition) is 4. The Kier molecular flexibility index (Phi) is 7.90. The molecule has 0 heterocycles. The van der Waals surface area contributed by atoms with Crippen LogP contribution in [0.1, 0.15) is 11.1 Å². The van der Waals surface area contributed by atoms with Crippen LogP contribution in [0.3, 0.4) is 0 Å². The van der Waals surface area contributed by atoms with Gasteiger partial charge in [0, 0.05) is 34.1 Å². The highest BCUT2D eigenvalue weighted by atomic mass is 16.3. The molecule has 0 unspecified atom stereocenters. The van der Waals surface area contributed by atoms with E-state index in [4.69, 9.17) is 0 Å². The number of hydrogen-bond donors (Lipinski definition) is 2. The molecule has 0 aliphatic rings. The maximum atomic E-state index is 10.0. The van der Waals surface area contributed by atoms with Crippen LogP contribution in [0.4, 0.5) is 34.1 Å². The summed E-state index contributed by atoms with van der Waals surface area (Å²) in [6, 6.07) is 58.2. The molecule has 0 aliphatic carbocycles. The third-order valence-corrected chi connectivity index (χ3v) is 9.30. The Hall–Kier alpha value is -6.52. The third-order valence-electron chi connectivity index (χ3n) is 9.30. The van der Waals surface area contributed by atoms with Crippen molar-refractivity contribution < 1.29 is 10.2 Å². The van der Waals surface area contributed by atoms with Gasteiger partial charge in [-0.2, -0.15) is 0 Å². The second-order valence-corrected chi connectivity index (χ2v) is 12.9. The molecule has 0 amide bonds. The molecule has 0 fully saturated rings. The lowest BCUT2D eigenvalue weighted by Crippen LogP contribution is -2.10. The van der Waals surface area contributed by atoms with E-state index in [1.165, 1.54) is 11.1 Å². The molecule has 8 rings (SSSR count). The van der Waals surface area contributed by atoms with Crippen molar-refractivity contribution in [1.29, 1.82) is 0 Å². The quantitative estimate of drug-likeness (QED) is 0.181. The first-order valence-corrected chi connectivity index (χ1v) is 16.8. The molecule has 0 aromatic heterocycles. The van der Waals surface area contributed by atoms with Gasteiger partial charge in [-0.15, -0.1) is 0 Å². The Bertz CT molecular complexity index is 2320. The molecule has 0 bridgehead atoms. The molecule has 4 nitrogen and oxygen atoms in total. The summed E-state index contributed by atoms with van der Waals surface area (Å²) >= 11 is 0. The van der Waals surface area contributed by atoms with Gasteiger partial charge >= 0.3 is 0 Å². The number of anilines is 6. The van der Waals surface area contributed by atoms with Crippen molar-refractivity contribution in [3.05, 3.63) is 181 Å². The van der Waals surface area contributed by atoms with Crippen LogP contribution in [0.15, 0.2) is 170 Å². The largest absolute Gasteiger partial charge is 0.508 e. The van der Waals surface area contributed by atoms with Crippen molar-refractivity contribution in [3.63, 3.8) is 0 Å². The van der Waals surface area contributed by atoms with E-state index in [0.29, 0.717) is 0 Å². The first-order chi connectivity index (χ1) is 24.4. The monoisotopic (exact) mass is 648 g/mol. The van der Waals surface area contributed by atoms with Gasteiger partial charge in [0.1, 0.15) is 11.5 Å². The van der Waals surface area contributed by atoms with Crippen LogP contribution in [0.25, 0.3) is 32.7 Å². The number of rotatable bonds is 7. The SMILES string of the molecule is Cc1ccc(N(c2ccc(C)cc2)c2ccc(-c3ccc(N(c4ccc5cc(O)ccc5c4)c4ccc5cc(O)ccc5c4)cc3)cc2)cc1. The van der Waals surface area contributed by atoms with Crippen LogP contribution in [0.2, 0.25) is 0 Å². The van der Waals surface area contributed by atoms with Crippen molar-refractivity contribution in [2.45, 2.75) is 13.8 Å². The summed E-state index contributed by atoms with van der Waals surface area (Å²) in [5, 5.41) is 24.1. The van der Waals surface area contributed by atoms with E-state index < -0.39 is 0 Å². The summed E-state index contributed by atoms with van der Waals surface area (Å²) in [5.74, 6) is 0.503. The van der Waals surface area contributed by atoms with Gasteiger partial charge in [0.2, 0.25) is 0 Å². The van der Waals surface area contributed by atoms with Gasteiger partial charge in [-0.3, -0.25) is 0 Å². The van der Waals surface area contributed by atoms with Crippen LogP contribution in [0, 0.1) is 13.8 Å². The first-order valence-electron chi connectivity index (χ1n) is 16.8. The van der Waals surface area contributed by atoms with E-state index in [1.807, 2.05) is 24.3 Å². The standard InChI is InChI=1S/C46H36N2O2/c1-31-3-15-39(16-4-31)47(40-17-5-32(2)6-18-40)41-19-7-33(8-20-41)34-9-21-42(22-10-34)48(43-23-11-37-29-45(49)25-13-35(37)27-43)44-24-12-38-30-46(50)26-14-36(38)28-44/h3-30,49-50H,1-2H3. The number of phenolic OH excluding ortho intramolecular Hbond substituents is 2. The van der Waals surface area contributed by atoms with Crippen molar-refractivity contribution in [2.24, 2.45) is 0 Å². The fourth-order valence-corrected chi connectivity index (χ4v) is 6.61. The molecule has 2 N–H and O–H groups in total. The highest BCUT2D eigenvalue weighted by Gasteiger charge is 2.16. The summed E-state index contributed by atoms with van der Waals surface area (Å²) in [6.45, 7) is 4.23. The second kappa shape index (κ2) is 12.8. The number of nitrogens with zero attached hydrogens (tertiary/aromatic N) is 2. The van der Waals surface area contributed by atoms with E-state index in [2.05, 4.69) is 145 Å². The summed E-state index contributed by atoms with van der Waals surface area (Å²) in [4.78, 5) is 4.53. The molecule has 0 saturated heterocycles. The zero-order chi connectivity index (χ0) is 34.2. The minimum atomic E-state index is 0.251. The average Bonchev–Trinajstić information content (AvgIpc) is 3.14. The Labute approximate surface area is 292 Å². The van der Waals surface area contributed by atoms with E-state index >= 15 is 0 Å².